The molecule has 0 saturated heterocycles. The van der Waals surface area contributed by atoms with Gasteiger partial charge in [0.25, 0.3) is 0 Å². The molecule has 0 spiro atoms. The number of thiazole rings is 1. The average molecular weight is 184 g/mol. The molecule has 2 heterocycles. The van der Waals surface area contributed by atoms with Gasteiger partial charge in [0.05, 0.1) is 5.51 Å². The van der Waals surface area contributed by atoms with Crippen molar-refractivity contribution in [2.75, 3.05) is 0 Å². The van der Waals surface area contributed by atoms with Gasteiger partial charge in [-0.1, -0.05) is 0 Å². The van der Waals surface area contributed by atoms with Crippen LogP contribution >= 0.6 is 23.6 Å². The van der Waals surface area contributed by atoms with Gasteiger partial charge in [0.1, 0.15) is 5.69 Å². The zero-order valence-corrected chi connectivity index (χ0v) is 7.00. The highest BCUT2D eigenvalue weighted by atomic mass is 32.1. The number of rotatable bonds is 1. The summed E-state index contributed by atoms with van der Waals surface area (Å²) in [5.41, 5.74) is 2.57. The molecule has 0 aliphatic rings. The minimum Gasteiger partial charge on any atom is -0.280 e. The second-order valence-electron chi connectivity index (χ2n) is 1.89. The molecule has 0 fully saturated rings. The standard InChI is InChI=1S/C5H4N4S2/c10-5-7-4(8-9-5)3-1-11-2-6-3/h1-2H,(H2,7,8,9,10). The number of hydrogen-bond acceptors (Lipinski definition) is 4. The molecule has 2 N–H and O–H groups in total. The first-order chi connectivity index (χ1) is 5.36. The molecular formula is C5H4N4S2. The third kappa shape index (κ3) is 1.22. The van der Waals surface area contributed by atoms with Crippen molar-refractivity contribution in [3.05, 3.63) is 15.7 Å². The summed E-state index contributed by atoms with van der Waals surface area (Å²) in [4.78, 5) is 8.06. The Morgan fingerprint density at radius 1 is 1.45 bits per heavy atom. The lowest BCUT2D eigenvalue weighted by Gasteiger charge is -1.82. The first kappa shape index (κ1) is 6.68. The SMILES string of the molecule is S=c1nc(-c2cscn2)[nH][nH]1. The van der Waals surface area contributed by atoms with E-state index >= 15 is 0 Å². The third-order valence-electron chi connectivity index (χ3n) is 1.18. The molecule has 6 heteroatoms. The molecule has 0 aromatic carbocycles. The van der Waals surface area contributed by atoms with Crippen LogP contribution in [0.1, 0.15) is 0 Å². The molecule has 0 atom stereocenters. The molecule has 0 amide bonds. The first-order valence-corrected chi connectivity index (χ1v) is 4.24. The zero-order chi connectivity index (χ0) is 7.68. The lowest BCUT2D eigenvalue weighted by Crippen LogP contribution is -1.78. The van der Waals surface area contributed by atoms with Gasteiger partial charge in [0.15, 0.2) is 5.82 Å². The third-order valence-corrected chi connectivity index (χ3v) is 1.96. The lowest BCUT2D eigenvalue weighted by molar-refractivity contribution is 1.08. The zero-order valence-electron chi connectivity index (χ0n) is 5.37. The van der Waals surface area contributed by atoms with E-state index in [0.29, 0.717) is 10.6 Å². The van der Waals surface area contributed by atoms with E-state index in [2.05, 4.69) is 20.2 Å². The molecule has 11 heavy (non-hydrogen) atoms. The van der Waals surface area contributed by atoms with Crippen molar-refractivity contribution in [3.8, 4) is 11.5 Å². The fourth-order valence-corrected chi connectivity index (χ4v) is 1.40. The van der Waals surface area contributed by atoms with Gasteiger partial charge >= 0.3 is 0 Å². The summed E-state index contributed by atoms with van der Waals surface area (Å²) in [6.45, 7) is 0. The summed E-state index contributed by atoms with van der Waals surface area (Å²) in [5, 5.41) is 7.42. The van der Waals surface area contributed by atoms with Gasteiger partial charge in [-0.25, -0.2) is 4.98 Å². The van der Waals surface area contributed by atoms with Crippen molar-refractivity contribution in [1.82, 2.24) is 20.2 Å². The maximum Gasteiger partial charge on any atom is 0.213 e. The molecule has 2 aromatic heterocycles. The van der Waals surface area contributed by atoms with Gasteiger partial charge in [-0.15, -0.1) is 11.3 Å². The van der Waals surface area contributed by atoms with Crippen LogP contribution in [-0.4, -0.2) is 20.2 Å². The van der Waals surface area contributed by atoms with Crippen molar-refractivity contribution < 1.29 is 0 Å². The molecule has 0 aliphatic heterocycles. The summed E-state index contributed by atoms with van der Waals surface area (Å²) in [5.74, 6) is 0.691. The summed E-state index contributed by atoms with van der Waals surface area (Å²) < 4.78 is 0.452. The Bertz CT molecular complexity index is 385. The Morgan fingerprint density at radius 2 is 2.36 bits per heavy atom. The highest BCUT2D eigenvalue weighted by molar-refractivity contribution is 7.71. The summed E-state index contributed by atoms with van der Waals surface area (Å²) in [6.07, 6.45) is 0. The quantitative estimate of drug-likeness (QED) is 0.662. The van der Waals surface area contributed by atoms with Gasteiger partial charge in [-0.3, -0.25) is 10.2 Å². The van der Waals surface area contributed by atoms with Crippen molar-refractivity contribution in [2.24, 2.45) is 0 Å². The molecule has 0 bridgehead atoms. The van der Waals surface area contributed by atoms with Gasteiger partial charge in [-0.2, -0.15) is 4.98 Å². The van der Waals surface area contributed by atoms with Crippen molar-refractivity contribution in [3.63, 3.8) is 0 Å². The summed E-state index contributed by atoms with van der Waals surface area (Å²) >= 11 is 6.31. The topological polar surface area (TPSA) is 57.4 Å². The van der Waals surface area contributed by atoms with Crippen LogP contribution in [0.4, 0.5) is 0 Å². The maximum atomic E-state index is 4.78. The molecule has 2 rings (SSSR count). The fraction of sp³-hybridized carbons (Fsp3) is 0. The van der Waals surface area contributed by atoms with Crippen molar-refractivity contribution in [1.29, 1.82) is 0 Å². The van der Waals surface area contributed by atoms with Crippen LogP contribution in [0.3, 0.4) is 0 Å². The number of aromatic amines is 2. The van der Waals surface area contributed by atoms with E-state index in [1.807, 2.05) is 5.38 Å². The van der Waals surface area contributed by atoms with Crippen molar-refractivity contribution >= 4 is 23.6 Å². The monoisotopic (exact) mass is 184 g/mol. The molecule has 2 aromatic rings. The molecule has 0 unspecified atom stereocenters. The first-order valence-electron chi connectivity index (χ1n) is 2.89. The number of nitrogens with one attached hydrogen (secondary N) is 2. The van der Waals surface area contributed by atoms with E-state index < -0.39 is 0 Å². The van der Waals surface area contributed by atoms with Gasteiger partial charge in [-0.05, 0) is 12.2 Å². The number of hydrogen-bond donors (Lipinski definition) is 2. The molecule has 0 radical (unpaired) electrons. The number of nitrogens with zero attached hydrogens (tertiary/aromatic N) is 2. The maximum absolute atomic E-state index is 4.78. The van der Waals surface area contributed by atoms with Crippen LogP contribution in [0.5, 0.6) is 0 Å². The lowest BCUT2D eigenvalue weighted by atomic mass is 10.5. The van der Waals surface area contributed by atoms with E-state index in [0.717, 1.165) is 5.69 Å². The predicted octanol–water partition coefficient (Wildman–Crippen LogP) is 1.59. The van der Waals surface area contributed by atoms with Crippen LogP contribution in [-0.2, 0) is 0 Å². The second-order valence-corrected chi connectivity index (χ2v) is 2.99. The van der Waals surface area contributed by atoms with Crippen LogP contribution in [0.25, 0.3) is 11.5 Å². The van der Waals surface area contributed by atoms with Gasteiger partial charge < -0.3 is 0 Å². The fourth-order valence-electron chi connectivity index (χ4n) is 0.721. The van der Waals surface area contributed by atoms with Crippen LogP contribution in [0.15, 0.2) is 10.9 Å². The highest BCUT2D eigenvalue weighted by Gasteiger charge is 2.00. The largest absolute Gasteiger partial charge is 0.280 e. The Kier molecular flexibility index (Phi) is 1.55. The molecule has 4 nitrogen and oxygen atoms in total. The highest BCUT2D eigenvalue weighted by Crippen LogP contribution is 2.12. The van der Waals surface area contributed by atoms with E-state index in [1.54, 1.807) is 5.51 Å². The number of aromatic nitrogens is 4. The van der Waals surface area contributed by atoms with Crippen molar-refractivity contribution in [2.45, 2.75) is 0 Å². The minimum atomic E-state index is 0.452. The Hall–Kier alpha value is -1.01. The molecule has 56 valence electrons. The van der Waals surface area contributed by atoms with Gasteiger partial charge in [0.2, 0.25) is 4.77 Å². The molecule has 0 saturated carbocycles. The Labute approximate surface area is 71.3 Å². The van der Waals surface area contributed by atoms with Crippen LogP contribution < -0.4 is 0 Å². The number of H-pyrrole nitrogens is 2. The van der Waals surface area contributed by atoms with Gasteiger partial charge in [0, 0.05) is 5.38 Å². The van der Waals surface area contributed by atoms with Crippen LogP contribution in [0, 0.1) is 4.77 Å². The summed E-state index contributed by atoms with van der Waals surface area (Å²) in [6, 6.07) is 0. The second kappa shape index (κ2) is 2.55. The molecular weight excluding hydrogens is 180 g/mol. The van der Waals surface area contributed by atoms with E-state index in [-0.39, 0.29) is 0 Å². The van der Waals surface area contributed by atoms with E-state index in [4.69, 9.17) is 12.2 Å². The normalized spacial score (nSPS) is 10.2. The predicted molar refractivity (Wildman–Crippen MR) is 44.9 cm³/mol. The summed E-state index contributed by atoms with van der Waals surface area (Å²) in [7, 11) is 0. The van der Waals surface area contributed by atoms with E-state index in [1.165, 1.54) is 11.3 Å². The Morgan fingerprint density at radius 3 is 2.91 bits per heavy atom. The smallest absolute Gasteiger partial charge is 0.213 e. The Balaban J connectivity index is 2.53. The van der Waals surface area contributed by atoms with E-state index in [9.17, 15) is 0 Å². The minimum absolute atomic E-state index is 0.452. The molecule has 0 aliphatic carbocycles. The van der Waals surface area contributed by atoms with Crippen LogP contribution in [0.2, 0.25) is 0 Å². The average Bonchev–Trinajstić information content (AvgIpc) is 2.55.